The summed E-state index contributed by atoms with van der Waals surface area (Å²) in [5.74, 6) is -0.828. The van der Waals surface area contributed by atoms with Crippen LogP contribution in [0.15, 0.2) is 24.3 Å². The van der Waals surface area contributed by atoms with Crippen molar-refractivity contribution in [1.82, 2.24) is 10.2 Å². The molecular weight excluding hydrogens is 291 g/mol. The minimum atomic E-state index is -1.12. The van der Waals surface area contributed by atoms with Crippen LogP contribution < -0.4 is 5.32 Å². The van der Waals surface area contributed by atoms with Crippen molar-refractivity contribution >= 4 is 11.9 Å². The predicted molar refractivity (Wildman–Crippen MR) is 74.4 cm³/mol. The third-order valence-corrected chi connectivity index (χ3v) is 4.18. The van der Waals surface area contributed by atoms with Crippen LogP contribution >= 0.6 is 0 Å². The monoisotopic (exact) mass is 308 g/mol. The second-order valence-electron chi connectivity index (χ2n) is 5.61. The molecule has 0 aromatic heterocycles. The molecule has 118 valence electrons. The lowest BCUT2D eigenvalue weighted by atomic mass is 9.90. The number of ether oxygens (including phenoxy) is 1. The Morgan fingerprint density at radius 3 is 2.77 bits per heavy atom. The molecule has 1 spiro atoms. The molecule has 1 aromatic rings. The van der Waals surface area contributed by atoms with Gasteiger partial charge in [-0.15, -0.1) is 0 Å². The van der Waals surface area contributed by atoms with Gasteiger partial charge in [0, 0.05) is 26.1 Å². The largest absolute Gasteiger partial charge is 0.387 e. The van der Waals surface area contributed by atoms with E-state index in [0.717, 1.165) is 4.90 Å². The highest BCUT2D eigenvalue weighted by molar-refractivity contribution is 6.07. The van der Waals surface area contributed by atoms with Crippen molar-refractivity contribution in [2.45, 2.75) is 24.5 Å². The first-order valence-corrected chi connectivity index (χ1v) is 7.17. The molecule has 6 nitrogen and oxygen atoms in total. The Labute approximate surface area is 126 Å². The molecule has 0 aliphatic carbocycles. The van der Waals surface area contributed by atoms with Crippen LogP contribution in [0.4, 0.5) is 9.18 Å². The first kappa shape index (κ1) is 14.9. The topological polar surface area (TPSA) is 78.9 Å². The van der Waals surface area contributed by atoms with Gasteiger partial charge in [-0.2, -0.15) is 0 Å². The molecule has 0 saturated carbocycles. The normalized spacial score (nSPS) is 22.0. The van der Waals surface area contributed by atoms with E-state index in [1.54, 1.807) is 6.07 Å². The minimum absolute atomic E-state index is 0.198. The van der Waals surface area contributed by atoms with Gasteiger partial charge < -0.3 is 15.2 Å². The summed E-state index contributed by atoms with van der Waals surface area (Å²) in [5, 5.41) is 12.9. The van der Waals surface area contributed by atoms with Gasteiger partial charge in [0.2, 0.25) is 0 Å². The Morgan fingerprint density at radius 1 is 1.36 bits per heavy atom. The van der Waals surface area contributed by atoms with Crippen LogP contribution in [-0.2, 0) is 9.53 Å². The standard InChI is InChI=1S/C15H17FN2O4/c16-11-3-1-2-10(8-11)12(19)9-18-13(20)15(17-14(18)21)4-6-22-7-5-15/h1-3,8,12,19H,4-7,9H2,(H,17,21)/t12-/m0/s1. The SMILES string of the molecule is O=C1NC2(CCOCC2)C(=O)N1C[C@H](O)c1cccc(F)c1. The lowest BCUT2D eigenvalue weighted by Crippen LogP contribution is -2.51. The van der Waals surface area contributed by atoms with Gasteiger partial charge in [-0.25, -0.2) is 9.18 Å². The summed E-state index contributed by atoms with van der Waals surface area (Å²) < 4.78 is 18.4. The van der Waals surface area contributed by atoms with Crippen LogP contribution in [0.2, 0.25) is 0 Å². The van der Waals surface area contributed by atoms with Gasteiger partial charge in [0.15, 0.2) is 0 Å². The fourth-order valence-corrected chi connectivity index (χ4v) is 2.89. The zero-order chi connectivity index (χ0) is 15.7. The maximum atomic E-state index is 13.2. The summed E-state index contributed by atoms with van der Waals surface area (Å²) in [6.07, 6.45) is -0.283. The van der Waals surface area contributed by atoms with E-state index in [-0.39, 0.29) is 12.5 Å². The summed E-state index contributed by atoms with van der Waals surface area (Å²) in [6.45, 7) is 0.620. The van der Waals surface area contributed by atoms with E-state index in [1.165, 1.54) is 18.2 Å². The summed E-state index contributed by atoms with van der Waals surface area (Å²) >= 11 is 0. The molecular formula is C15H17FN2O4. The number of urea groups is 1. The lowest BCUT2D eigenvalue weighted by Gasteiger charge is -2.30. The van der Waals surface area contributed by atoms with Crippen LogP contribution in [0.3, 0.4) is 0 Å². The van der Waals surface area contributed by atoms with E-state index in [2.05, 4.69) is 5.32 Å². The number of carbonyl (C=O) groups excluding carboxylic acids is 2. The van der Waals surface area contributed by atoms with Crippen molar-refractivity contribution in [3.05, 3.63) is 35.6 Å². The molecule has 2 N–H and O–H groups in total. The number of β-amino-alcohol motifs (C(OH)–C–C–N with tert-alkyl or cyclic N) is 1. The first-order chi connectivity index (χ1) is 10.5. The molecule has 1 atom stereocenters. The Balaban J connectivity index is 1.75. The molecule has 2 saturated heterocycles. The van der Waals surface area contributed by atoms with Crippen LogP contribution in [0.25, 0.3) is 0 Å². The lowest BCUT2D eigenvalue weighted by molar-refractivity contribution is -0.135. The summed E-state index contributed by atoms with van der Waals surface area (Å²) in [4.78, 5) is 25.6. The first-order valence-electron chi connectivity index (χ1n) is 7.17. The molecule has 3 rings (SSSR count). The van der Waals surface area contributed by atoms with Crippen LogP contribution in [0.5, 0.6) is 0 Å². The number of rotatable bonds is 3. The van der Waals surface area contributed by atoms with Gasteiger partial charge in [-0.05, 0) is 17.7 Å². The molecule has 22 heavy (non-hydrogen) atoms. The number of benzene rings is 1. The van der Waals surface area contributed by atoms with Gasteiger partial charge in [0.05, 0.1) is 12.6 Å². The average Bonchev–Trinajstić information content (AvgIpc) is 2.72. The smallest absolute Gasteiger partial charge is 0.325 e. The summed E-state index contributed by atoms with van der Waals surface area (Å²) in [6, 6.07) is 4.95. The van der Waals surface area contributed by atoms with Crippen LogP contribution in [0.1, 0.15) is 24.5 Å². The van der Waals surface area contributed by atoms with Crippen molar-refractivity contribution in [1.29, 1.82) is 0 Å². The second-order valence-corrected chi connectivity index (χ2v) is 5.61. The highest BCUT2D eigenvalue weighted by Gasteiger charge is 2.51. The molecule has 2 aliphatic rings. The number of aliphatic hydroxyl groups excluding tert-OH is 1. The Kier molecular flexibility index (Phi) is 3.84. The van der Waals surface area contributed by atoms with Crippen LogP contribution in [-0.4, -0.2) is 47.2 Å². The van der Waals surface area contributed by atoms with Gasteiger partial charge in [0.25, 0.3) is 5.91 Å². The van der Waals surface area contributed by atoms with E-state index in [9.17, 15) is 19.1 Å². The predicted octanol–water partition coefficient (Wildman–Crippen LogP) is 0.960. The van der Waals surface area contributed by atoms with E-state index in [1.807, 2.05) is 0 Å². The van der Waals surface area contributed by atoms with Gasteiger partial charge >= 0.3 is 6.03 Å². The number of amides is 3. The summed E-state index contributed by atoms with van der Waals surface area (Å²) in [7, 11) is 0. The Morgan fingerprint density at radius 2 is 2.09 bits per heavy atom. The maximum absolute atomic E-state index is 13.2. The molecule has 0 unspecified atom stereocenters. The van der Waals surface area contributed by atoms with Crippen molar-refractivity contribution in [2.75, 3.05) is 19.8 Å². The molecule has 2 fully saturated rings. The molecule has 0 bridgehead atoms. The van der Waals surface area contributed by atoms with E-state index < -0.39 is 23.5 Å². The summed E-state index contributed by atoms with van der Waals surface area (Å²) in [5.41, 5.74) is -0.592. The maximum Gasteiger partial charge on any atom is 0.325 e. The number of aliphatic hydroxyl groups is 1. The number of nitrogens with zero attached hydrogens (tertiary/aromatic N) is 1. The fourth-order valence-electron chi connectivity index (χ4n) is 2.89. The number of hydrogen-bond donors (Lipinski definition) is 2. The van der Waals surface area contributed by atoms with Crippen molar-refractivity contribution in [2.24, 2.45) is 0 Å². The number of halogens is 1. The molecule has 7 heteroatoms. The zero-order valence-electron chi connectivity index (χ0n) is 11.9. The Bertz CT molecular complexity index is 601. The zero-order valence-corrected chi connectivity index (χ0v) is 11.9. The Hall–Kier alpha value is -1.99. The van der Waals surface area contributed by atoms with Gasteiger partial charge in [-0.1, -0.05) is 12.1 Å². The molecule has 1 aromatic carbocycles. The quantitative estimate of drug-likeness (QED) is 0.815. The van der Waals surface area contributed by atoms with Crippen molar-refractivity contribution in [3.63, 3.8) is 0 Å². The molecule has 2 aliphatic heterocycles. The number of hydrogen-bond acceptors (Lipinski definition) is 4. The average molecular weight is 308 g/mol. The number of imide groups is 1. The van der Waals surface area contributed by atoms with E-state index in [4.69, 9.17) is 4.74 Å². The number of nitrogens with one attached hydrogen (secondary N) is 1. The highest BCUT2D eigenvalue weighted by atomic mass is 19.1. The molecule has 3 amide bonds. The van der Waals surface area contributed by atoms with Crippen molar-refractivity contribution in [3.8, 4) is 0 Å². The van der Waals surface area contributed by atoms with Crippen LogP contribution in [0, 0.1) is 5.82 Å². The minimum Gasteiger partial charge on any atom is -0.387 e. The fraction of sp³-hybridized carbons (Fsp3) is 0.467. The van der Waals surface area contributed by atoms with Gasteiger partial charge in [0.1, 0.15) is 11.4 Å². The molecule has 0 radical (unpaired) electrons. The third-order valence-electron chi connectivity index (χ3n) is 4.18. The van der Waals surface area contributed by atoms with Gasteiger partial charge in [-0.3, -0.25) is 9.69 Å². The molecule has 2 heterocycles. The highest BCUT2D eigenvalue weighted by Crippen LogP contribution is 2.29. The van der Waals surface area contributed by atoms with Crippen molar-refractivity contribution < 1.29 is 23.8 Å². The van der Waals surface area contributed by atoms with E-state index in [0.29, 0.717) is 31.6 Å². The van der Waals surface area contributed by atoms with E-state index >= 15 is 0 Å². The second kappa shape index (κ2) is 5.66. The number of carbonyl (C=O) groups is 2. The third kappa shape index (κ3) is 2.57.